The first-order chi connectivity index (χ1) is 9.86. The fraction of sp³-hybridized carbons (Fsp3) is 0.556. The predicted molar refractivity (Wildman–Crippen MR) is 81.1 cm³/mol. The molecule has 2 heteroatoms. The summed E-state index contributed by atoms with van der Waals surface area (Å²) in [6.45, 7) is 2.18. The minimum absolute atomic E-state index is 0.208. The fourth-order valence-corrected chi connectivity index (χ4v) is 3.12. The fourth-order valence-electron chi connectivity index (χ4n) is 3.12. The molecule has 1 aliphatic carbocycles. The van der Waals surface area contributed by atoms with E-state index in [1.54, 1.807) is 0 Å². The summed E-state index contributed by atoms with van der Waals surface area (Å²) in [5.74, 6) is 1.06. The lowest BCUT2D eigenvalue weighted by Crippen LogP contribution is -2.23. The standard InChI is InChI=1S/C18H24O2/c1-2-8-16-13-14-9-6-7-12-17(14)18(20-16)19-15-10-4-3-5-11-15/h6-7,9,12-13,15,18H,2-5,8,10-11H2,1H3. The molecule has 0 bridgehead atoms. The topological polar surface area (TPSA) is 18.5 Å². The summed E-state index contributed by atoms with van der Waals surface area (Å²) < 4.78 is 12.4. The molecule has 2 nitrogen and oxygen atoms in total. The zero-order valence-corrected chi connectivity index (χ0v) is 12.3. The van der Waals surface area contributed by atoms with Crippen molar-refractivity contribution in [1.29, 1.82) is 0 Å². The molecule has 1 aliphatic heterocycles. The molecule has 1 atom stereocenters. The van der Waals surface area contributed by atoms with Gasteiger partial charge in [0.05, 0.1) is 6.10 Å². The zero-order valence-electron chi connectivity index (χ0n) is 12.3. The molecular weight excluding hydrogens is 248 g/mol. The van der Waals surface area contributed by atoms with Gasteiger partial charge in [0.1, 0.15) is 5.76 Å². The van der Waals surface area contributed by atoms with Crippen molar-refractivity contribution in [2.45, 2.75) is 64.3 Å². The second kappa shape index (κ2) is 6.45. The largest absolute Gasteiger partial charge is 0.465 e. The zero-order chi connectivity index (χ0) is 13.8. The first-order valence-corrected chi connectivity index (χ1v) is 7.98. The molecule has 0 saturated heterocycles. The molecule has 1 fully saturated rings. The van der Waals surface area contributed by atoms with Crippen LogP contribution in [0, 0.1) is 0 Å². The molecule has 2 aliphatic rings. The normalized spacial score (nSPS) is 22.9. The maximum Gasteiger partial charge on any atom is 0.227 e. The number of allylic oxidation sites excluding steroid dienone is 1. The second-order valence-electron chi connectivity index (χ2n) is 5.84. The van der Waals surface area contributed by atoms with Crippen molar-refractivity contribution in [3.05, 3.63) is 41.2 Å². The second-order valence-corrected chi connectivity index (χ2v) is 5.84. The summed E-state index contributed by atoms with van der Waals surface area (Å²) in [4.78, 5) is 0. The van der Waals surface area contributed by atoms with Crippen LogP contribution in [-0.2, 0) is 9.47 Å². The third kappa shape index (κ3) is 3.06. The summed E-state index contributed by atoms with van der Waals surface area (Å²) >= 11 is 0. The van der Waals surface area contributed by atoms with Crippen LogP contribution in [0.5, 0.6) is 0 Å². The van der Waals surface area contributed by atoms with Crippen LogP contribution in [0.3, 0.4) is 0 Å². The van der Waals surface area contributed by atoms with Crippen LogP contribution in [0.25, 0.3) is 6.08 Å². The molecule has 1 saturated carbocycles. The summed E-state index contributed by atoms with van der Waals surface area (Å²) in [7, 11) is 0. The van der Waals surface area contributed by atoms with Crippen LogP contribution >= 0.6 is 0 Å². The molecular formula is C18H24O2. The molecule has 1 heterocycles. The smallest absolute Gasteiger partial charge is 0.227 e. The molecule has 108 valence electrons. The molecule has 3 rings (SSSR count). The van der Waals surface area contributed by atoms with Gasteiger partial charge in [-0.3, -0.25) is 0 Å². The SMILES string of the molecule is CCCC1=Cc2ccccc2C(OC2CCCCC2)O1. The Morgan fingerprint density at radius 2 is 1.95 bits per heavy atom. The predicted octanol–water partition coefficient (Wildman–Crippen LogP) is 5.21. The van der Waals surface area contributed by atoms with E-state index in [0.29, 0.717) is 6.10 Å². The summed E-state index contributed by atoms with van der Waals surface area (Å²) in [5.41, 5.74) is 2.43. The molecule has 0 spiro atoms. The Bertz CT molecular complexity index is 472. The lowest BCUT2D eigenvalue weighted by Gasteiger charge is -2.31. The Balaban J connectivity index is 1.78. The maximum absolute atomic E-state index is 6.27. The Hall–Kier alpha value is -1.28. The summed E-state index contributed by atoms with van der Waals surface area (Å²) in [6.07, 6.45) is 10.7. The number of fused-ring (bicyclic) bond motifs is 1. The number of benzene rings is 1. The number of ether oxygens (including phenoxy) is 2. The molecule has 0 amide bonds. The molecule has 20 heavy (non-hydrogen) atoms. The van der Waals surface area contributed by atoms with Gasteiger partial charge < -0.3 is 9.47 Å². The highest BCUT2D eigenvalue weighted by Crippen LogP contribution is 2.36. The van der Waals surface area contributed by atoms with E-state index >= 15 is 0 Å². The van der Waals surface area contributed by atoms with Crippen molar-refractivity contribution in [3.8, 4) is 0 Å². The van der Waals surface area contributed by atoms with Crippen molar-refractivity contribution < 1.29 is 9.47 Å². The van der Waals surface area contributed by atoms with Gasteiger partial charge in [0.25, 0.3) is 0 Å². The van der Waals surface area contributed by atoms with Crippen LogP contribution in [0.15, 0.2) is 30.0 Å². The van der Waals surface area contributed by atoms with Gasteiger partial charge in [0.15, 0.2) is 0 Å². The number of hydrogen-bond donors (Lipinski definition) is 0. The van der Waals surface area contributed by atoms with E-state index in [4.69, 9.17) is 9.47 Å². The average molecular weight is 272 g/mol. The van der Waals surface area contributed by atoms with E-state index in [0.717, 1.165) is 18.6 Å². The number of rotatable bonds is 4. The molecule has 0 N–H and O–H groups in total. The summed E-state index contributed by atoms with van der Waals surface area (Å²) in [5, 5.41) is 0. The van der Waals surface area contributed by atoms with Gasteiger partial charge in [0, 0.05) is 12.0 Å². The lowest BCUT2D eigenvalue weighted by molar-refractivity contribution is -0.163. The molecule has 0 aromatic heterocycles. The Labute approximate surface area is 121 Å². The third-order valence-electron chi connectivity index (χ3n) is 4.19. The molecule has 1 aromatic rings. The highest BCUT2D eigenvalue weighted by molar-refractivity contribution is 5.57. The van der Waals surface area contributed by atoms with Crippen LogP contribution in [-0.4, -0.2) is 6.10 Å². The van der Waals surface area contributed by atoms with Crippen LogP contribution < -0.4 is 0 Å². The van der Waals surface area contributed by atoms with Crippen molar-refractivity contribution in [2.75, 3.05) is 0 Å². The highest BCUT2D eigenvalue weighted by atomic mass is 16.7. The number of hydrogen-bond acceptors (Lipinski definition) is 2. The Kier molecular flexibility index (Phi) is 4.41. The maximum atomic E-state index is 6.27. The van der Waals surface area contributed by atoms with Crippen LogP contribution in [0.2, 0.25) is 0 Å². The molecule has 1 unspecified atom stereocenters. The van der Waals surface area contributed by atoms with E-state index in [1.807, 2.05) is 0 Å². The van der Waals surface area contributed by atoms with Gasteiger partial charge in [-0.05, 0) is 30.9 Å². The Morgan fingerprint density at radius 3 is 2.75 bits per heavy atom. The van der Waals surface area contributed by atoms with E-state index < -0.39 is 0 Å². The van der Waals surface area contributed by atoms with E-state index in [2.05, 4.69) is 37.3 Å². The van der Waals surface area contributed by atoms with Crippen molar-refractivity contribution in [2.24, 2.45) is 0 Å². The average Bonchev–Trinajstić information content (AvgIpc) is 2.49. The van der Waals surface area contributed by atoms with Gasteiger partial charge in [0.2, 0.25) is 6.29 Å². The monoisotopic (exact) mass is 272 g/mol. The van der Waals surface area contributed by atoms with Gasteiger partial charge >= 0.3 is 0 Å². The Morgan fingerprint density at radius 1 is 1.15 bits per heavy atom. The minimum atomic E-state index is -0.208. The summed E-state index contributed by atoms with van der Waals surface area (Å²) in [6, 6.07) is 8.44. The van der Waals surface area contributed by atoms with Gasteiger partial charge in [-0.25, -0.2) is 0 Å². The van der Waals surface area contributed by atoms with E-state index in [1.165, 1.54) is 43.2 Å². The van der Waals surface area contributed by atoms with Gasteiger partial charge in [-0.1, -0.05) is 50.5 Å². The van der Waals surface area contributed by atoms with Crippen LogP contribution in [0.1, 0.15) is 69.3 Å². The third-order valence-corrected chi connectivity index (χ3v) is 4.19. The van der Waals surface area contributed by atoms with E-state index in [9.17, 15) is 0 Å². The molecule has 0 radical (unpaired) electrons. The highest BCUT2D eigenvalue weighted by Gasteiger charge is 2.26. The molecule has 1 aromatic carbocycles. The van der Waals surface area contributed by atoms with Gasteiger partial charge in [-0.2, -0.15) is 0 Å². The minimum Gasteiger partial charge on any atom is -0.465 e. The van der Waals surface area contributed by atoms with Crippen LogP contribution in [0.4, 0.5) is 0 Å². The first kappa shape index (κ1) is 13.7. The lowest BCUT2D eigenvalue weighted by atomic mass is 9.97. The van der Waals surface area contributed by atoms with Gasteiger partial charge in [-0.15, -0.1) is 0 Å². The quantitative estimate of drug-likeness (QED) is 0.749. The van der Waals surface area contributed by atoms with Crippen molar-refractivity contribution in [1.82, 2.24) is 0 Å². The first-order valence-electron chi connectivity index (χ1n) is 7.98. The van der Waals surface area contributed by atoms with Crippen molar-refractivity contribution >= 4 is 6.08 Å². The van der Waals surface area contributed by atoms with E-state index in [-0.39, 0.29) is 6.29 Å². The van der Waals surface area contributed by atoms with Crippen molar-refractivity contribution in [3.63, 3.8) is 0 Å².